The molecule has 126 valence electrons. The molecule has 0 aliphatic carbocycles. The highest BCUT2D eigenvalue weighted by molar-refractivity contribution is 6.30. The van der Waals surface area contributed by atoms with E-state index in [1.165, 1.54) is 19.4 Å². The second-order valence-corrected chi connectivity index (χ2v) is 5.74. The first-order chi connectivity index (χ1) is 12.1. The zero-order chi connectivity index (χ0) is 17.8. The summed E-state index contributed by atoms with van der Waals surface area (Å²) in [6, 6.07) is 15.8. The van der Waals surface area contributed by atoms with Crippen LogP contribution in [0.4, 0.5) is 0 Å². The minimum Gasteiger partial charge on any atom is -0.507 e. The Balaban J connectivity index is 1.84. The number of phenols is 1. The van der Waals surface area contributed by atoms with Crippen LogP contribution in [0.5, 0.6) is 11.5 Å². The number of carbonyl (C=O) groups excluding carboxylic acids is 1. The van der Waals surface area contributed by atoms with Crippen molar-refractivity contribution in [3.8, 4) is 11.5 Å². The zero-order valence-electron chi connectivity index (χ0n) is 13.4. The molecule has 0 saturated heterocycles. The lowest BCUT2D eigenvalue weighted by Crippen LogP contribution is -2.18. The number of fused-ring (bicyclic) bond motifs is 1. The van der Waals surface area contributed by atoms with Crippen molar-refractivity contribution in [2.45, 2.75) is 0 Å². The molecule has 0 unspecified atom stereocenters. The first-order valence-corrected chi connectivity index (χ1v) is 7.85. The molecular weight excluding hydrogens is 340 g/mol. The molecule has 3 aromatic carbocycles. The molecule has 0 spiro atoms. The van der Waals surface area contributed by atoms with Gasteiger partial charge in [-0.05, 0) is 41.1 Å². The summed E-state index contributed by atoms with van der Waals surface area (Å²) in [4.78, 5) is 12.4. The van der Waals surface area contributed by atoms with Crippen molar-refractivity contribution < 1.29 is 14.6 Å². The Morgan fingerprint density at radius 3 is 2.60 bits per heavy atom. The van der Waals surface area contributed by atoms with Crippen molar-refractivity contribution in [1.82, 2.24) is 5.43 Å². The molecule has 0 aliphatic rings. The van der Waals surface area contributed by atoms with E-state index in [1.807, 2.05) is 24.3 Å². The van der Waals surface area contributed by atoms with Gasteiger partial charge in [0.15, 0.2) is 0 Å². The van der Waals surface area contributed by atoms with Gasteiger partial charge in [0.25, 0.3) is 5.91 Å². The van der Waals surface area contributed by atoms with Gasteiger partial charge in [0.2, 0.25) is 0 Å². The lowest BCUT2D eigenvalue weighted by molar-refractivity contribution is 0.0952. The third kappa shape index (κ3) is 3.72. The number of ether oxygens (including phenoxy) is 1. The number of hydrazone groups is 1. The van der Waals surface area contributed by atoms with Gasteiger partial charge in [-0.2, -0.15) is 5.10 Å². The van der Waals surface area contributed by atoms with Crippen LogP contribution in [-0.2, 0) is 0 Å². The van der Waals surface area contributed by atoms with E-state index < -0.39 is 5.91 Å². The largest absolute Gasteiger partial charge is 0.507 e. The molecule has 3 rings (SSSR count). The number of phenolic OH excluding ortho intramolecular Hbond substituents is 1. The Morgan fingerprint density at radius 2 is 1.88 bits per heavy atom. The molecule has 0 fully saturated rings. The summed E-state index contributed by atoms with van der Waals surface area (Å²) in [6.07, 6.45) is 1.33. The molecule has 25 heavy (non-hydrogen) atoms. The van der Waals surface area contributed by atoms with E-state index >= 15 is 0 Å². The third-order valence-electron chi connectivity index (χ3n) is 3.67. The third-order valence-corrected chi connectivity index (χ3v) is 3.91. The topological polar surface area (TPSA) is 70.9 Å². The van der Waals surface area contributed by atoms with Gasteiger partial charge >= 0.3 is 0 Å². The fourth-order valence-electron chi connectivity index (χ4n) is 2.42. The molecular formula is C19H15ClN2O3. The van der Waals surface area contributed by atoms with Crippen molar-refractivity contribution in [3.63, 3.8) is 0 Å². The minimum absolute atomic E-state index is 0.0192. The fraction of sp³-hybridized carbons (Fsp3) is 0.0526. The van der Waals surface area contributed by atoms with Gasteiger partial charge in [-0.3, -0.25) is 4.79 Å². The summed E-state index contributed by atoms with van der Waals surface area (Å²) in [5.74, 6) is 0.0584. The number of hydrogen-bond acceptors (Lipinski definition) is 4. The van der Waals surface area contributed by atoms with Crippen LogP contribution in [0.15, 0.2) is 59.7 Å². The maximum absolute atomic E-state index is 12.4. The Morgan fingerprint density at radius 1 is 1.16 bits per heavy atom. The van der Waals surface area contributed by atoms with E-state index in [9.17, 15) is 9.90 Å². The molecule has 3 aromatic rings. The Labute approximate surface area is 149 Å². The summed E-state index contributed by atoms with van der Waals surface area (Å²) < 4.78 is 5.30. The quantitative estimate of drug-likeness (QED) is 0.550. The molecule has 0 heterocycles. The highest BCUT2D eigenvalue weighted by atomic mass is 35.5. The Kier molecular flexibility index (Phi) is 4.86. The maximum atomic E-state index is 12.4. The lowest BCUT2D eigenvalue weighted by Gasteiger charge is -2.09. The summed E-state index contributed by atoms with van der Waals surface area (Å²) in [7, 11) is 1.51. The van der Waals surface area contributed by atoms with Crippen LogP contribution in [0, 0.1) is 0 Å². The van der Waals surface area contributed by atoms with E-state index in [0.29, 0.717) is 21.9 Å². The van der Waals surface area contributed by atoms with Crippen LogP contribution in [0.3, 0.4) is 0 Å². The van der Waals surface area contributed by atoms with E-state index in [0.717, 1.165) is 10.8 Å². The van der Waals surface area contributed by atoms with Gasteiger partial charge < -0.3 is 9.84 Å². The van der Waals surface area contributed by atoms with Crippen molar-refractivity contribution in [1.29, 1.82) is 0 Å². The monoisotopic (exact) mass is 354 g/mol. The minimum atomic E-state index is -0.416. The van der Waals surface area contributed by atoms with Gasteiger partial charge in [-0.25, -0.2) is 5.43 Å². The predicted molar refractivity (Wildman–Crippen MR) is 98.7 cm³/mol. The highest BCUT2D eigenvalue weighted by Crippen LogP contribution is 2.26. The van der Waals surface area contributed by atoms with E-state index in [4.69, 9.17) is 16.3 Å². The molecule has 0 radical (unpaired) electrons. The van der Waals surface area contributed by atoms with Crippen molar-refractivity contribution in [3.05, 3.63) is 70.7 Å². The second kappa shape index (κ2) is 7.23. The van der Waals surface area contributed by atoms with Gasteiger partial charge in [0.1, 0.15) is 11.5 Å². The lowest BCUT2D eigenvalue weighted by atomic mass is 10.1. The molecule has 0 aromatic heterocycles. The number of halogens is 1. The molecule has 0 aliphatic heterocycles. The molecule has 2 N–H and O–H groups in total. The number of rotatable bonds is 4. The number of nitrogens with zero attached hydrogens (tertiary/aromatic N) is 1. The van der Waals surface area contributed by atoms with E-state index in [-0.39, 0.29) is 5.75 Å². The van der Waals surface area contributed by atoms with Crippen LogP contribution in [0.1, 0.15) is 15.9 Å². The molecule has 5 nitrogen and oxygen atoms in total. The number of aromatic hydroxyl groups is 1. The molecule has 1 amide bonds. The number of nitrogens with one attached hydrogen (secondary N) is 1. The maximum Gasteiger partial charge on any atom is 0.275 e. The Bertz CT molecular complexity index is 970. The SMILES string of the molecule is COc1cc2ccccc2cc1C(=O)N/N=C\c1cc(Cl)ccc1O. The normalized spacial score (nSPS) is 11.0. The van der Waals surface area contributed by atoms with Gasteiger partial charge in [0, 0.05) is 10.6 Å². The molecule has 0 saturated carbocycles. The summed E-state index contributed by atoms with van der Waals surface area (Å²) in [5, 5.41) is 16.0. The molecule has 0 bridgehead atoms. The van der Waals surface area contributed by atoms with Gasteiger partial charge in [-0.15, -0.1) is 0 Å². The summed E-state index contributed by atoms with van der Waals surface area (Å²) in [5.41, 5.74) is 3.20. The number of methoxy groups -OCH3 is 1. The summed E-state index contributed by atoms with van der Waals surface area (Å²) >= 11 is 5.87. The summed E-state index contributed by atoms with van der Waals surface area (Å²) in [6.45, 7) is 0. The predicted octanol–water partition coefficient (Wildman–Crippen LogP) is 3.97. The van der Waals surface area contributed by atoms with Crippen LogP contribution >= 0.6 is 11.6 Å². The van der Waals surface area contributed by atoms with Crippen molar-refractivity contribution in [2.24, 2.45) is 5.10 Å². The molecule has 0 atom stereocenters. The average molecular weight is 355 g/mol. The van der Waals surface area contributed by atoms with Crippen LogP contribution < -0.4 is 10.2 Å². The van der Waals surface area contributed by atoms with Crippen LogP contribution in [0.2, 0.25) is 5.02 Å². The fourth-order valence-corrected chi connectivity index (χ4v) is 2.60. The highest BCUT2D eigenvalue weighted by Gasteiger charge is 2.13. The molecule has 6 heteroatoms. The van der Waals surface area contributed by atoms with E-state index in [2.05, 4.69) is 10.5 Å². The van der Waals surface area contributed by atoms with Crippen LogP contribution in [0.25, 0.3) is 10.8 Å². The number of amides is 1. The second-order valence-electron chi connectivity index (χ2n) is 5.30. The van der Waals surface area contributed by atoms with Crippen LogP contribution in [-0.4, -0.2) is 24.3 Å². The van der Waals surface area contributed by atoms with Gasteiger partial charge in [0.05, 0.1) is 18.9 Å². The van der Waals surface area contributed by atoms with Crippen molar-refractivity contribution in [2.75, 3.05) is 7.11 Å². The zero-order valence-corrected chi connectivity index (χ0v) is 14.1. The average Bonchev–Trinajstić information content (AvgIpc) is 2.63. The Hall–Kier alpha value is -3.05. The van der Waals surface area contributed by atoms with E-state index in [1.54, 1.807) is 24.3 Å². The first-order valence-electron chi connectivity index (χ1n) is 7.47. The first kappa shape index (κ1) is 16.8. The standard InChI is InChI=1S/C19H15ClN2O3/c1-25-18-10-13-5-3-2-4-12(13)9-16(18)19(24)22-21-11-14-8-15(20)6-7-17(14)23/h2-11,23H,1H3,(H,22,24)/b21-11-. The number of benzene rings is 3. The van der Waals surface area contributed by atoms with Crippen molar-refractivity contribution >= 4 is 34.5 Å². The van der Waals surface area contributed by atoms with Gasteiger partial charge in [-0.1, -0.05) is 35.9 Å². The number of carbonyl (C=O) groups is 1. The smallest absolute Gasteiger partial charge is 0.275 e. The number of hydrogen-bond donors (Lipinski definition) is 2.